The number of carbonyl (C=O) groups excluding carboxylic acids is 1. The van der Waals surface area contributed by atoms with E-state index in [1.807, 2.05) is 0 Å². The number of halogens is 3. The molecule has 6 nitrogen and oxygen atoms in total. The number of amides is 1. The Labute approximate surface area is 180 Å². The minimum Gasteiger partial charge on any atom is -0.491 e. The second-order valence-corrected chi connectivity index (χ2v) is 7.49. The summed E-state index contributed by atoms with van der Waals surface area (Å²) in [7, 11) is 0. The number of carbonyl (C=O) groups is 1. The molecule has 5 rings (SSSR count). The molecule has 1 atom stereocenters. The topological polar surface area (TPSA) is 68.5 Å². The van der Waals surface area contributed by atoms with Crippen molar-refractivity contribution in [3.05, 3.63) is 95.7 Å². The van der Waals surface area contributed by atoms with Gasteiger partial charge in [0.1, 0.15) is 22.6 Å². The fourth-order valence-corrected chi connectivity index (χ4v) is 4.00. The van der Waals surface area contributed by atoms with E-state index in [1.54, 1.807) is 53.5 Å². The first-order chi connectivity index (χ1) is 15.4. The predicted molar refractivity (Wildman–Crippen MR) is 109 cm³/mol. The number of hydrogen-bond acceptors (Lipinski definition) is 4. The Hall–Kier alpha value is -3.88. The van der Waals surface area contributed by atoms with Gasteiger partial charge in [-0.2, -0.15) is 13.2 Å². The normalized spacial score (nSPS) is 18.1. The van der Waals surface area contributed by atoms with Crippen LogP contribution in [0.5, 0.6) is 5.75 Å². The molecule has 162 valence electrons. The number of alkyl halides is 3. The van der Waals surface area contributed by atoms with Crippen molar-refractivity contribution in [3.8, 4) is 5.75 Å². The van der Waals surface area contributed by atoms with Gasteiger partial charge in [0, 0.05) is 36.8 Å². The lowest BCUT2D eigenvalue weighted by molar-refractivity contribution is -0.137. The maximum Gasteiger partial charge on any atom is 0.416 e. The largest absolute Gasteiger partial charge is 0.491 e. The highest BCUT2D eigenvalue weighted by atomic mass is 19.4. The Bertz CT molecular complexity index is 1300. The molecule has 0 spiro atoms. The maximum atomic E-state index is 13.3. The number of pyridine rings is 2. The summed E-state index contributed by atoms with van der Waals surface area (Å²) in [5.41, 5.74) is -0.00541. The molecule has 1 aliphatic rings. The Morgan fingerprint density at radius 2 is 1.88 bits per heavy atom. The van der Waals surface area contributed by atoms with Gasteiger partial charge in [-0.15, -0.1) is 0 Å². The average molecular weight is 438 g/mol. The van der Waals surface area contributed by atoms with Crippen LogP contribution >= 0.6 is 0 Å². The van der Waals surface area contributed by atoms with Crippen molar-refractivity contribution in [2.45, 2.75) is 18.1 Å². The lowest BCUT2D eigenvalue weighted by Gasteiger charge is -2.39. The third kappa shape index (κ3) is 3.35. The number of hydrogen-bond donors (Lipinski definition) is 1. The first-order valence-corrected chi connectivity index (χ1v) is 9.88. The molecule has 0 aliphatic carbocycles. The minimum atomic E-state index is -4.46. The first kappa shape index (κ1) is 20.0. The van der Waals surface area contributed by atoms with Crippen LogP contribution < -0.4 is 10.1 Å². The van der Waals surface area contributed by atoms with E-state index in [2.05, 4.69) is 15.3 Å². The minimum absolute atomic E-state index is 0.263. The molecule has 32 heavy (non-hydrogen) atoms. The maximum absolute atomic E-state index is 13.3. The van der Waals surface area contributed by atoms with Crippen molar-refractivity contribution in [2.75, 3.05) is 6.61 Å². The van der Waals surface area contributed by atoms with E-state index in [1.165, 1.54) is 12.1 Å². The molecule has 3 aromatic heterocycles. The highest BCUT2D eigenvalue weighted by molar-refractivity contribution is 5.96. The van der Waals surface area contributed by atoms with Crippen LogP contribution in [0.1, 0.15) is 33.6 Å². The molecule has 4 aromatic rings. The summed E-state index contributed by atoms with van der Waals surface area (Å²) in [5.74, 6) is 0.0801. The number of aromatic nitrogens is 3. The molecular formula is C23H17F3N4O2. The van der Waals surface area contributed by atoms with Crippen LogP contribution in [-0.2, 0) is 11.7 Å². The number of imidazole rings is 1. The third-order valence-corrected chi connectivity index (χ3v) is 5.60. The van der Waals surface area contributed by atoms with Crippen LogP contribution in [0.2, 0.25) is 0 Å². The quantitative estimate of drug-likeness (QED) is 0.521. The van der Waals surface area contributed by atoms with E-state index in [4.69, 9.17) is 4.74 Å². The van der Waals surface area contributed by atoms with Crippen LogP contribution in [0, 0.1) is 0 Å². The summed E-state index contributed by atoms with van der Waals surface area (Å²) in [6.45, 7) is 0.263. The van der Waals surface area contributed by atoms with Gasteiger partial charge in [0.05, 0.1) is 12.2 Å². The number of rotatable bonds is 3. The number of fused-ring (bicyclic) bond motifs is 2. The highest BCUT2D eigenvalue weighted by Crippen LogP contribution is 2.41. The van der Waals surface area contributed by atoms with Gasteiger partial charge in [-0.25, -0.2) is 4.98 Å². The van der Waals surface area contributed by atoms with Crippen molar-refractivity contribution >= 4 is 11.6 Å². The van der Waals surface area contributed by atoms with E-state index in [0.29, 0.717) is 34.6 Å². The molecular weight excluding hydrogens is 421 g/mol. The SMILES string of the molecule is O=C(N[C@]1(c2ccc(C(F)(F)F)cc2)CCOc2cccnc21)c1ccn2ccnc2c1. The zero-order valence-electron chi connectivity index (χ0n) is 16.6. The van der Waals surface area contributed by atoms with Crippen LogP contribution in [0.25, 0.3) is 5.65 Å². The molecule has 1 N–H and O–H groups in total. The molecule has 4 heterocycles. The summed E-state index contributed by atoms with van der Waals surface area (Å²) >= 11 is 0. The molecule has 0 bridgehead atoms. The molecule has 0 fully saturated rings. The van der Waals surface area contributed by atoms with Crippen LogP contribution in [0.3, 0.4) is 0 Å². The van der Waals surface area contributed by atoms with Gasteiger partial charge in [-0.3, -0.25) is 9.78 Å². The highest BCUT2D eigenvalue weighted by Gasteiger charge is 2.43. The number of nitrogens with zero attached hydrogens (tertiary/aromatic N) is 3. The smallest absolute Gasteiger partial charge is 0.416 e. The number of ether oxygens (including phenoxy) is 1. The first-order valence-electron chi connectivity index (χ1n) is 9.88. The van der Waals surface area contributed by atoms with E-state index in [0.717, 1.165) is 12.1 Å². The molecule has 0 unspecified atom stereocenters. The molecule has 1 amide bonds. The zero-order chi connectivity index (χ0) is 22.3. The van der Waals surface area contributed by atoms with Gasteiger partial charge in [-0.05, 0) is 42.0 Å². The summed E-state index contributed by atoms with van der Waals surface area (Å²) < 4.78 is 46.8. The monoisotopic (exact) mass is 438 g/mol. The fraction of sp³-hybridized carbons (Fsp3) is 0.174. The van der Waals surface area contributed by atoms with Gasteiger partial charge in [0.15, 0.2) is 0 Å². The van der Waals surface area contributed by atoms with Crippen molar-refractivity contribution in [1.82, 2.24) is 19.7 Å². The van der Waals surface area contributed by atoms with Crippen molar-refractivity contribution in [3.63, 3.8) is 0 Å². The molecule has 0 saturated heterocycles. The van der Waals surface area contributed by atoms with Crippen molar-refractivity contribution in [2.24, 2.45) is 0 Å². The molecule has 0 radical (unpaired) electrons. The van der Waals surface area contributed by atoms with Gasteiger partial charge in [-0.1, -0.05) is 12.1 Å². The van der Waals surface area contributed by atoms with E-state index >= 15 is 0 Å². The number of nitrogens with one attached hydrogen (secondary N) is 1. The van der Waals surface area contributed by atoms with Crippen molar-refractivity contribution < 1.29 is 22.7 Å². The lowest BCUT2D eigenvalue weighted by Crippen LogP contribution is -2.50. The third-order valence-electron chi connectivity index (χ3n) is 5.60. The van der Waals surface area contributed by atoms with E-state index in [-0.39, 0.29) is 6.61 Å². The zero-order valence-corrected chi connectivity index (χ0v) is 16.6. The van der Waals surface area contributed by atoms with Gasteiger partial charge in [0.2, 0.25) is 0 Å². The molecule has 9 heteroatoms. The predicted octanol–water partition coefficient (Wildman–Crippen LogP) is 4.20. The molecule has 1 aliphatic heterocycles. The molecule has 0 saturated carbocycles. The second-order valence-electron chi connectivity index (χ2n) is 7.49. The van der Waals surface area contributed by atoms with Gasteiger partial charge < -0.3 is 14.5 Å². The fourth-order valence-electron chi connectivity index (χ4n) is 4.00. The van der Waals surface area contributed by atoms with E-state index in [9.17, 15) is 18.0 Å². The Kier molecular flexibility index (Phi) is 4.61. The van der Waals surface area contributed by atoms with Crippen LogP contribution in [0.15, 0.2) is 73.3 Å². The van der Waals surface area contributed by atoms with Crippen LogP contribution in [0.4, 0.5) is 13.2 Å². The summed E-state index contributed by atoms with van der Waals surface area (Å²) in [6.07, 6.45) is 2.52. The Balaban J connectivity index is 1.60. The van der Waals surface area contributed by atoms with E-state index < -0.39 is 23.2 Å². The Morgan fingerprint density at radius 3 is 2.66 bits per heavy atom. The summed E-state index contributed by atoms with van der Waals surface area (Å²) in [4.78, 5) is 21.9. The standard InChI is InChI=1S/C23H17F3N4O2/c24-23(25,26)17-5-3-16(4-6-17)22(8-13-32-18-2-1-9-28-20(18)22)29-21(31)15-7-11-30-12-10-27-19(30)14-15/h1-7,9-12,14H,8,13H2,(H,29,31)/t22-/m0/s1. The Morgan fingerprint density at radius 1 is 1.06 bits per heavy atom. The lowest BCUT2D eigenvalue weighted by atomic mass is 9.81. The summed E-state index contributed by atoms with van der Waals surface area (Å²) in [6, 6.07) is 11.5. The second kappa shape index (κ2) is 7.37. The van der Waals surface area contributed by atoms with Gasteiger partial charge >= 0.3 is 6.18 Å². The molecule has 1 aromatic carbocycles. The van der Waals surface area contributed by atoms with Gasteiger partial charge in [0.25, 0.3) is 5.91 Å². The average Bonchev–Trinajstić information content (AvgIpc) is 3.27. The van der Waals surface area contributed by atoms with Crippen molar-refractivity contribution in [1.29, 1.82) is 0 Å². The summed E-state index contributed by atoms with van der Waals surface area (Å²) in [5, 5.41) is 3.04. The number of benzene rings is 1. The van der Waals surface area contributed by atoms with Crippen LogP contribution in [-0.4, -0.2) is 26.9 Å².